The Hall–Kier alpha value is -2.28. The summed E-state index contributed by atoms with van der Waals surface area (Å²) in [6.45, 7) is 0.194. The fraction of sp³-hybridized carbons (Fsp3) is 0.105. The van der Waals surface area contributed by atoms with E-state index >= 15 is 0 Å². The quantitative estimate of drug-likeness (QED) is 0.277. The highest BCUT2D eigenvalue weighted by Crippen LogP contribution is 2.26. The predicted molar refractivity (Wildman–Crippen MR) is 121 cm³/mol. The number of hydrogen-bond donors (Lipinski definition) is 1. The van der Waals surface area contributed by atoms with E-state index in [1.165, 1.54) is 4.52 Å². The summed E-state index contributed by atoms with van der Waals surface area (Å²) in [4.78, 5) is 0.205. The largest absolute Gasteiger partial charge is 0.475 e. The molecule has 11 heteroatoms. The molecule has 4 rings (SSSR count). The maximum atomic E-state index is 12.3. The highest BCUT2D eigenvalue weighted by Gasteiger charge is 2.14. The molecule has 0 amide bonds. The summed E-state index contributed by atoms with van der Waals surface area (Å²) in [6, 6.07) is 17.2. The van der Waals surface area contributed by atoms with Gasteiger partial charge in [-0.25, -0.2) is 13.1 Å². The van der Waals surface area contributed by atoms with Crippen LogP contribution in [0, 0.1) is 3.57 Å². The molecule has 0 saturated carbocycles. The number of fused-ring (bicyclic) bond motifs is 1. The number of nitrogens with one attached hydrogen (secondary N) is 1. The first kappa shape index (κ1) is 21.0. The lowest BCUT2D eigenvalue weighted by Gasteiger charge is -2.09. The van der Waals surface area contributed by atoms with Crippen molar-refractivity contribution < 1.29 is 13.2 Å². The minimum absolute atomic E-state index is 0.0909. The zero-order valence-corrected chi connectivity index (χ0v) is 19.1. The minimum Gasteiger partial charge on any atom is -0.475 e. The molecule has 0 aliphatic heterocycles. The van der Waals surface area contributed by atoms with E-state index in [1.807, 2.05) is 18.2 Å². The Morgan fingerprint density at radius 3 is 2.57 bits per heavy atom. The molecule has 4 aromatic rings. The molecule has 0 aliphatic carbocycles. The Labute approximate surface area is 191 Å². The maximum Gasteiger partial charge on any atom is 0.240 e. The number of nitrogens with zero attached hydrogens (tertiary/aromatic N) is 4. The minimum atomic E-state index is -3.60. The Morgan fingerprint density at radius 1 is 1.03 bits per heavy atom. The van der Waals surface area contributed by atoms with E-state index in [2.05, 4.69) is 42.6 Å². The normalized spacial score (nSPS) is 11.7. The van der Waals surface area contributed by atoms with Gasteiger partial charge in [0.2, 0.25) is 15.9 Å². The van der Waals surface area contributed by atoms with E-state index in [0.717, 1.165) is 3.57 Å². The third-order valence-corrected chi connectivity index (χ3v) is 6.65. The second kappa shape index (κ2) is 8.84. The van der Waals surface area contributed by atoms with Crippen LogP contribution in [-0.2, 0) is 10.0 Å². The number of ether oxygens (including phenoxy) is 1. The molecule has 0 bridgehead atoms. The third kappa shape index (κ3) is 4.56. The van der Waals surface area contributed by atoms with Crippen LogP contribution < -0.4 is 9.46 Å². The molecule has 2 heterocycles. The van der Waals surface area contributed by atoms with Crippen molar-refractivity contribution in [3.8, 4) is 17.3 Å². The molecule has 0 spiro atoms. The lowest BCUT2D eigenvalue weighted by Crippen LogP contribution is -2.28. The average molecular weight is 556 g/mol. The summed E-state index contributed by atoms with van der Waals surface area (Å²) in [5.41, 5.74) is 1.23. The average Bonchev–Trinajstić information content (AvgIpc) is 3.15. The van der Waals surface area contributed by atoms with Crippen molar-refractivity contribution in [1.29, 1.82) is 0 Å². The molecule has 1 N–H and O–H groups in total. The number of hydrogen-bond acceptors (Lipinski definition) is 6. The molecule has 8 nitrogen and oxygen atoms in total. The van der Waals surface area contributed by atoms with Gasteiger partial charge in [-0.2, -0.15) is 4.52 Å². The van der Waals surface area contributed by atoms with Crippen LogP contribution in [0.1, 0.15) is 0 Å². The Morgan fingerprint density at radius 2 is 1.80 bits per heavy atom. The van der Waals surface area contributed by atoms with Crippen LogP contribution in [0.15, 0.2) is 65.6 Å². The smallest absolute Gasteiger partial charge is 0.240 e. The first-order valence-electron chi connectivity index (χ1n) is 8.79. The van der Waals surface area contributed by atoms with Crippen LogP contribution in [0.25, 0.3) is 17.0 Å². The fourth-order valence-electron chi connectivity index (χ4n) is 2.69. The number of rotatable bonds is 7. The van der Waals surface area contributed by atoms with Gasteiger partial charge in [0.1, 0.15) is 6.61 Å². The van der Waals surface area contributed by atoms with E-state index in [9.17, 15) is 8.42 Å². The molecular weight excluding hydrogens is 541 g/mol. The zero-order valence-electron chi connectivity index (χ0n) is 15.4. The first-order valence-corrected chi connectivity index (χ1v) is 11.7. The van der Waals surface area contributed by atoms with Gasteiger partial charge in [0, 0.05) is 21.7 Å². The van der Waals surface area contributed by atoms with E-state index < -0.39 is 10.0 Å². The molecular formula is C19H15ClIN5O3S. The van der Waals surface area contributed by atoms with Crippen molar-refractivity contribution in [1.82, 2.24) is 24.5 Å². The van der Waals surface area contributed by atoms with Gasteiger partial charge in [0.05, 0.1) is 9.92 Å². The van der Waals surface area contributed by atoms with Crippen LogP contribution >= 0.6 is 34.2 Å². The van der Waals surface area contributed by atoms with Crippen molar-refractivity contribution in [3.63, 3.8) is 0 Å². The molecule has 154 valence electrons. The van der Waals surface area contributed by atoms with Crippen LogP contribution in [0.5, 0.6) is 5.88 Å². The number of aromatic nitrogens is 4. The van der Waals surface area contributed by atoms with E-state index in [-0.39, 0.29) is 18.0 Å². The predicted octanol–water partition coefficient (Wildman–Crippen LogP) is 3.41. The molecule has 0 fully saturated rings. The third-order valence-electron chi connectivity index (χ3n) is 4.12. The van der Waals surface area contributed by atoms with E-state index in [1.54, 1.807) is 42.5 Å². The van der Waals surface area contributed by atoms with Crippen LogP contribution in [0.4, 0.5) is 0 Å². The maximum absolute atomic E-state index is 12.3. The van der Waals surface area contributed by atoms with Crippen molar-refractivity contribution in [2.45, 2.75) is 4.90 Å². The first-order chi connectivity index (χ1) is 14.4. The summed E-state index contributed by atoms with van der Waals surface area (Å²) in [5, 5.41) is 13.2. The van der Waals surface area contributed by atoms with E-state index in [4.69, 9.17) is 16.3 Å². The van der Waals surface area contributed by atoms with Crippen LogP contribution in [0.2, 0.25) is 5.02 Å². The molecule has 0 aliphatic rings. The monoisotopic (exact) mass is 555 g/mol. The van der Waals surface area contributed by atoms with Crippen molar-refractivity contribution in [3.05, 3.63) is 69.3 Å². The number of sulfonamides is 1. The molecule has 30 heavy (non-hydrogen) atoms. The Bertz CT molecular complexity index is 1300. The highest BCUT2D eigenvalue weighted by molar-refractivity contribution is 14.1. The lowest BCUT2D eigenvalue weighted by atomic mass is 10.2. The molecule has 0 saturated heterocycles. The van der Waals surface area contributed by atoms with Gasteiger partial charge in [-0.1, -0.05) is 23.7 Å². The Balaban J connectivity index is 1.44. The summed E-state index contributed by atoms with van der Waals surface area (Å²) in [5.74, 6) is 0.796. The van der Waals surface area contributed by atoms with Gasteiger partial charge in [0.15, 0.2) is 11.5 Å². The molecule has 0 unspecified atom stereocenters. The summed E-state index contributed by atoms with van der Waals surface area (Å²) >= 11 is 8.37. The fourth-order valence-corrected chi connectivity index (χ4v) is 4.28. The zero-order chi connectivity index (χ0) is 21.1. The van der Waals surface area contributed by atoms with Crippen LogP contribution in [0.3, 0.4) is 0 Å². The molecule has 2 aromatic heterocycles. The number of benzene rings is 2. The second-order valence-corrected chi connectivity index (χ2v) is 9.56. The Kier molecular flexibility index (Phi) is 6.18. The summed E-state index contributed by atoms with van der Waals surface area (Å²) in [6.07, 6.45) is 0. The van der Waals surface area contributed by atoms with Gasteiger partial charge >= 0.3 is 0 Å². The SMILES string of the molecule is O=S(=O)(NCCOc1ccc2nnc(-c3ccccc3Cl)n2n1)c1ccc(I)cc1. The lowest BCUT2D eigenvalue weighted by molar-refractivity contribution is 0.306. The number of halogens is 2. The molecule has 2 aromatic carbocycles. The van der Waals surface area contributed by atoms with Crippen molar-refractivity contribution in [2.75, 3.05) is 13.2 Å². The van der Waals surface area contributed by atoms with Crippen LogP contribution in [-0.4, -0.2) is 41.4 Å². The van der Waals surface area contributed by atoms with Crippen molar-refractivity contribution in [2.24, 2.45) is 0 Å². The summed E-state index contributed by atoms with van der Waals surface area (Å²) < 4.78 is 35.2. The molecule has 0 atom stereocenters. The van der Waals surface area contributed by atoms with Gasteiger partial charge < -0.3 is 4.74 Å². The van der Waals surface area contributed by atoms with Gasteiger partial charge in [0.25, 0.3) is 0 Å². The van der Waals surface area contributed by atoms with Gasteiger partial charge in [-0.05, 0) is 65.1 Å². The second-order valence-electron chi connectivity index (χ2n) is 6.15. The summed E-state index contributed by atoms with van der Waals surface area (Å²) in [7, 11) is -3.60. The van der Waals surface area contributed by atoms with Gasteiger partial charge in [-0.15, -0.1) is 15.3 Å². The molecule has 0 radical (unpaired) electrons. The van der Waals surface area contributed by atoms with Crippen molar-refractivity contribution >= 4 is 49.9 Å². The van der Waals surface area contributed by atoms with Gasteiger partial charge in [-0.3, -0.25) is 0 Å². The highest BCUT2D eigenvalue weighted by atomic mass is 127. The van der Waals surface area contributed by atoms with E-state index in [0.29, 0.717) is 27.9 Å². The standard InChI is InChI=1S/C19H15ClIN5O3S/c20-16-4-2-1-3-15(16)19-24-23-17-9-10-18(25-26(17)19)29-12-11-22-30(27,28)14-7-5-13(21)6-8-14/h1-10,22H,11-12H2. The topological polar surface area (TPSA) is 98.5 Å².